The van der Waals surface area contributed by atoms with Crippen molar-refractivity contribution in [2.45, 2.75) is 13.0 Å². The number of nitrogens with one attached hydrogen (secondary N) is 2. The van der Waals surface area contributed by atoms with Gasteiger partial charge >= 0.3 is 0 Å². The Morgan fingerprint density at radius 2 is 1.97 bits per heavy atom. The molecule has 1 aliphatic heterocycles. The van der Waals surface area contributed by atoms with E-state index in [4.69, 9.17) is 4.74 Å². The average Bonchev–Trinajstić information content (AvgIpc) is 2.71. The van der Waals surface area contributed by atoms with Crippen LogP contribution in [0.5, 0.6) is 0 Å². The molecule has 0 aliphatic carbocycles. The van der Waals surface area contributed by atoms with E-state index in [0.29, 0.717) is 31.3 Å². The lowest BCUT2D eigenvalue weighted by molar-refractivity contribution is -0.115. The molecule has 0 aromatic heterocycles. The summed E-state index contributed by atoms with van der Waals surface area (Å²) in [5.74, 6) is 0.0830. The Hall–Kier alpha value is -2.20. The molecule has 2 N–H and O–H groups in total. The summed E-state index contributed by atoms with van der Waals surface area (Å²) in [7, 11) is 1.69. The summed E-state index contributed by atoms with van der Waals surface area (Å²) in [4.78, 5) is 18.6. The number of halogens is 2. The predicted octanol–water partition coefficient (Wildman–Crippen LogP) is 3.34. The van der Waals surface area contributed by atoms with Gasteiger partial charge in [-0.2, -0.15) is 0 Å². The molecule has 1 atom stereocenters. The Kier molecular flexibility index (Phi) is 8.84. The van der Waals surface area contributed by atoms with Crippen molar-refractivity contribution in [3.63, 3.8) is 0 Å². The van der Waals surface area contributed by atoms with Gasteiger partial charge in [-0.25, -0.2) is 4.39 Å². The maximum Gasteiger partial charge on any atom is 0.243 e. The van der Waals surface area contributed by atoms with Crippen LogP contribution in [0.1, 0.15) is 17.2 Å². The van der Waals surface area contributed by atoms with Gasteiger partial charge in [0.1, 0.15) is 11.9 Å². The molecule has 1 unspecified atom stereocenters. The maximum absolute atomic E-state index is 13.0. The fraction of sp³-hybridized carbons (Fsp3) is 0.333. The van der Waals surface area contributed by atoms with Crippen molar-refractivity contribution in [2.75, 3.05) is 38.6 Å². The van der Waals surface area contributed by atoms with E-state index < -0.39 is 0 Å². The normalized spacial score (nSPS) is 16.7. The van der Waals surface area contributed by atoms with Crippen LogP contribution in [0.15, 0.2) is 53.5 Å². The van der Waals surface area contributed by atoms with Gasteiger partial charge in [0.05, 0.1) is 19.7 Å². The molecule has 29 heavy (non-hydrogen) atoms. The third-order valence-electron chi connectivity index (χ3n) is 4.65. The highest BCUT2D eigenvalue weighted by atomic mass is 127. The van der Waals surface area contributed by atoms with Crippen LogP contribution in [-0.2, 0) is 9.53 Å². The molecule has 0 spiro atoms. The minimum atomic E-state index is -0.341. The summed E-state index contributed by atoms with van der Waals surface area (Å²) < 4.78 is 18.9. The SMILES string of the molecule is CN=C(NCC(=O)Nc1ccc(F)cc1)N1CCOC(c2ccccc2C)C1.I. The molecule has 1 amide bonds. The second-order valence-electron chi connectivity index (χ2n) is 6.62. The number of hydrogen-bond donors (Lipinski definition) is 2. The number of guanidine groups is 1. The molecule has 3 rings (SSSR count). The molecule has 0 bridgehead atoms. The average molecular weight is 512 g/mol. The zero-order chi connectivity index (χ0) is 19.9. The fourth-order valence-corrected chi connectivity index (χ4v) is 3.21. The number of nitrogens with zero attached hydrogens (tertiary/aromatic N) is 2. The number of amides is 1. The molecule has 1 fully saturated rings. The van der Waals surface area contributed by atoms with E-state index in [1.165, 1.54) is 29.8 Å². The molecule has 0 saturated carbocycles. The number of carbonyl (C=O) groups excluding carboxylic acids is 1. The Morgan fingerprint density at radius 3 is 2.66 bits per heavy atom. The van der Waals surface area contributed by atoms with E-state index in [9.17, 15) is 9.18 Å². The van der Waals surface area contributed by atoms with Crippen LogP contribution in [0.2, 0.25) is 0 Å². The number of ether oxygens (including phenoxy) is 1. The number of hydrogen-bond acceptors (Lipinski definition) is 3. The number of anilines is 1. The predicted molar refractivity (Wildman–Crippen MR) is 123 cm³/mol. The van der Waals surface area contributed by atoms with Gasteiger partial charge in [-0.05, 0) is 42.3 Å². The summed E-state index contributed by atoms with van der Waals surface area (Å²) in [5.41, 5.74) is 2.90. The zero-order valence-corrected chi connectivity index (χ0v) is 18.9. The van der Waals surface area contributed by atoms with Crippen molar-refractivity contribution in [1.29, 1.82) is 0 Å². The Morgan fingerprint density at radius 1 is 1.24 bits per heavy atom. The van der Waals surface area contributed by atoms with Crippen LogP contribution >= 0.6 is 24.0 Å². The van der Waals surface area contributed by atoms with Crippen molar-refractivity contribution in [1.82, 2.24) is 10.2 Å². The first kappa shape index (κ1) is 23.1. The Balaban J connectivity index is 0.00000300. The summed E-state index contributed by atoms with van der Waals surface area (Å²) >= 11 is 0. The molecule has 2 aromatic rings. The van der Waals surface area contributed by atoms with Gasteiger partial charge in [-0.15, -0.1) is 24.0 Å². The van der Waals surface area contributed by atoms with E-state index >= 15 is 0 Å². The number of aliphatic imine (C=N–C) groups is 1. The summed E-state index contributed by atoms with van der Waals surface area (Å²) in [5, 5.41) is 5.82. The number of carbonyl (C=O) groups is 1. The molecule has 6 nitrogen and oxygen atoms in total. The summed E-state index contributed by atoms with van der Waals surface area (Å²) in [6.45, 7) is 4.08. The van der Waals surface area contributed by atoms with Gasteiger partial charge in [-0.3, -0.25) is 9.79 Å². The third-order valence-corrected chi connectivity index (χ3v) is 4.65. The highest BCUT2D eigenvalue weighted by Gasteiger charge is 2.25. The zero-order valence-electron chi connectivity index (χ0n) is 16.5. The molecule has 1 saturated heterocycles. The van der Waals surface area contributed by atoms with Crippen LogP contribution in [-0.4, -0.2) is 50.1 Å². The highest BCUT2D eigenvalue weighted by molar-refractivity contribution is 14.0. The number of benzene rings is 2. The first-order valence-electron chi connectivity index (χ1n) is 9.25. The van der Waals surface area contributed by atoms with Gasteiger partial charge in [0.15, 0.2) is 5.96 Å². The third kappa shape index (κ3) is 6.40. The number of aryl methyl sites for hydroxylation is 1. The van der Waals surface area contributed by atoms with Crippen molar-refractivity contribution in [3.8, 4) is 0 Å². The largest absolute Gasteiger partial charge is 0.370 e. The van der Waals surface area contributed by atoms with Crippen molar-refractivity contribution >= 4 is 41.5 Å². The Labute approximate surface area is 187 Å². The molecule has 1 aliphatic rings. The maximum atomic E-state index is 13.0. The lowest BCUT2D eigenvalue weighted by Gasteiger charge is -2.35. The van der Waals surface area contributed by atoms with Crippen LogP contribution in [0.25, 0.3) is 0 Å². The van der Waals surface area contributed by atoms with Crippen LogP contribution in [0.4, 0.5) is 10.1 Å². The second kappa shape index (κ2) is 11.1. The molecule has 2 aromatic carbocycles. The minimum Gasteiger partial charge on any atom is -0.370 e. The van der Waals surface area contributed by atoms with Gasteiger partial charge in [0, 0.05) is 19.3 Å². The quantitative estimate of drug-likeness (QED) is 0.375. The van der Waals surface area contributed by atoms with E-state index in [0.717, 1.165) is 5.56 Å². The molecule has 156 valence electrons. The van der Waals surface area contributed by atoms with Crippen LogP contribution in [0.3, 0.4) is 0 Å². The van der Waals surface area contributed by atoms with Crippen LogP contribution in [0, 0.1) is 12.7 Å². The van der Waals surface area contributed by atoms with Gasteiger partial charge in [-0.1, -0.05) is 24.3 Å². The highest BCUT2D eigenvalue weighted by Crippen LogP contribution is 2.24. The Bertz CT molecular complexity index is 845. The van der Waals surface area contributed by atoms with Gasteiger partial charge in [0.2, 0.25) is 5.91 Å². The van der Waals surface area contributed by atoms with E-state index in [1.54, 1.807) is 7.05 Å². The van der Waals surface area contributed by atoms with Gasteiger partial charge in [0.25, 0.3) is 0 Å². The molecule has 8 heteroatoms. The van der Waals surface area contributed by atoms with Crippen LogP contribution < -0.4 is 10.6 Å². The van der Waals surface area contributed by atoms with E-state index in [1.807, 2.05) is 12.1 Å². The second-order valence-corrected chi connectivity index (χ2v) is 6.62. The van der Waals surface area contributed by atoms with E-state index in [2.05, 4.69) is 39.6 Å². The minimum absolute atomic E-state index is 0. The summed E-state index contributed by atoms with van der Waals surface area (Å²) in [6.07, 6.45) is -0.0402. The van der Waals surface area contributed by atoms with Gasteiger partial charge < -0.3 is 20.3 Å². The fourth-order valence-electron chi connectivity index (χ4n) is 3.21. The summed E-state index contributed by atoms with van der Waals surface area (Å²) in [6, 6.07) is 13.8. The smallest absolute Gasteiger partial charge is 0.243 e. The van der Waals surface area contributed by atoms with Crippen molar-refractivity contribution in [2.24, 2.45) is 4.99 Å². The van der Waals surface area contributed by atoms with E-state index in [-0.39, 0.29) is 48.3 Å². The standard InChI is InChI=1S/C21H25FN4O2.HI/c1-15-5-3-4-6-18(15)19-14-26(11-12-28-19)21(23-2)24-13-20(27)25-17-9-7-16(22)8-10-17;/h3-10,19H,11-14H2,1-2H3,(H,23,24)(H,25,27);1H. The first-order valence-corrected chi connectivity index (χ1v) is 9.25. The molecular formula is C21H26FIN4O2. The molecule has 1 heterocycles. The number of morpholine rings is 1. The lowest BCUT2D eigenvalue weighted by Crippen LogP contribution is -2.49. The van der Waals surface area contributed by atoms with Crippen molar-refractivity contribution < 1.29 is 13.9 Å². The molecular weight excluding hydrogens is 486 g/mol. The first-order chi connectivity index (χ1) is 13.6. The molecule has 0 radical (unpaired) electrons. The lowest BCUT2D eigenvalue weighted by atomic mass is 10.0. The monoisotopic (exact) mass is 512 g/mol. The number of rotatable bonds is 4. The van der Waals surface area contributed by atoms with Crippen molar-refractivity contribution in [3.05, 3.63) is 65.5 Å². The topological polar surface area (TPSA) is 66.0 Å².